The second kappa shape index (κ2) is 12.1. The van der Waals surface area contributed by atoms with Crippen molar-refractivity contribution in [2.75, 3.05) is 26.2 Å². The maximum absolute atomic E-state index is 13.8. The van der Waals surface area contributed by atoms with E-state index < -0.39 is 0 Å². The minimum atomic E-state index is -0.208. The number of carbonyl (C=O) groups is 2. The number of thiophene rings is 1. The highest BCUT2D eigenvalue weighted by Crippen LogP contribution is 2.34. The van der Waals surface area contributed by atoms with Crippen molar-refractivity contribution >= 4 is 34.8 Å². The lowest BCUT2D eigenvalue weighted by molar-refractivity contribution is -0.135. The maximum atomic E-state index is 13.8. The van der Waals surface area contributed by atoms with E-state index in [4.69, 9.17) is 16.3 Å². The molecule has 2 aromatic carbocycles. The van der Waals surface area contributed by atoms with E-state index in [-0.39, 0.29) is 24.4 Å². The molecule has 0 radical (unpaired) electrons. The van der Waals surface area contributed by atoms with Gasteiger partial charge < -0.3 is 14.5 Å². The zero-order valence-corrected chi connectivity index (χ0v) is 23.6. The smallest absolute Gasteiger partial charge is 0.254 e. The Morgan fingerprint density at radius 3 is 2.59 bits per heavy atom. The molecule has 3 aromatic rings. The number of carbonyl (C=O) groups excluding carboxylic acids is 2. The molecule has 37 heavy (non-hydrogen) atoms. The Hall–Kier alpha value is -2.83. The Morgan fingerprint density at radius 1 is 1.14 bits per heavy atom. The summed E-state index contributed by atoms with van der Waals surface area (Å²) in [6.07, 6.45) is 1.65. The summed E-state index contributed by atoms with van der Waals surface area (Å²) in [4.78, 5) is 32.1. The van der Waals surface area contributed by atoms with Crippen LogP contribution >= 0.6 is 22.9 Å². The fourth-order valence-corrected chi connectivity index (χ4v) is 5.60. The standard InChI is InChI=1S/C30H35ClN2O3S/c1-20(2)11-14-32(30(35)23-7-5-21(3)6-8-23)18-29(34)33-15-12-28-25(13-16-37-28)27(33)19-36-24-9-10-26(31)22(4)17-24/h5-10,13,16-17,20,27H,11-12,14-15,18-19H2,1-4H3/t27-/m0/s1. The first kappa shape index (κ1) is 27.2. The molecule has 7 heteroatoms. The van der Waals surface area contributed by atoms with E-state index in [1.165, 1.54) is 4.88 Å². The van der Waals surface area contributed by atoms with Gasteiger partial charge in [0.1, 0.15) is 18.9 Å². The number of amides is 2. The maximum Gasteiger partial charge on any atom is 0.254 e. The molecule has 0 unspecified atom stereocenters. The van der Waals surface area contributed by atoms with E-state index in [0.717, 1.165) is 35.3 Å². The molecule has 1 atom stereocenters. The van der Waals surface area contributed by atoms with Crippen molar-refractivity contribution < 1.29 is 14.3 Å². The van der Waals surface area contributed by atoms with Gasteiger partial charge in [-0.25, -0.2) is 0 Å². The summed E-state index contributed by atoms with van der Waals surface area (Å²) in [5.41, 5.74) is 3.79. The van der Waals surface area contributed by atoms with Crippen LogP contribution in [0.5, 0.6) is 5.75 Å². The number of fused-ring (bicyclic) bond motifs is 1. The first-order valence-electron chi connectivity index (χ1n) is 12.8. The molecule has 0 saturated heterocycles. The summed E-state index contributed by atoms with van der Waals surface area (Å²) < 4.78 is 6.17. The van der Waals surface area contributed by atoms with Crippen LogP contribution in [0.3, 0.4) is 0 Å². The normalized spacial score (nSPS) is 15.0. The topological polar surface area (TPSA) is 49.9 Å². The van der Waals surface area contributed by atoms with Gasteiger partial charge >= 0.3 is 0 Å². The monoisotopic (exact) mass is 538 g/mol. The minimum absolute atomic E-state index is 0.0510. The van der Waals surface area contributed by atoms with Crippen LogP contribution in [0.4, 0.5) is 0 Å². The predicted octanol–water partition coefficient (Wildman–Crippen LogP) is 6.71. The number of benzene rings is 2. The Bertz CT molecular complexity index is 1240. The lowest BCUT2D eigenvalue weighted by atomic mass is 10.00. The zero-order chi connectivity index (χ0) is 26.5. The lowest BCUT2D eigenvalue weighted by Gasteiger charge is -2.37. The lowest BCUT2D eigenvalue weighted by Crippen LogP contribution is -2.48. The molecule has 0 fully saturated rings. The van der Waals surface area contributed by atoms with E-state index in [1.807, 2.05) is 61.2 Å². The first-order valence-corrected chi connectivity index (χ1v) is 14.1. The number of nitrogens with zero attached hydrogens (tertiary/aromatic N) is 2. The van der Waals surface area contributed by atoms with Gasteiger partial charge in [0.2, 0.25) is 5.91 Å². The molecule has 2 heterocycles. The summed E-state index contributed by atoms with van der Waals surface area (Å²) in [5.74, 6) is 0.995. The van der Waals surface area contributed by atoms with Gasteiger partial charge in [-0.2, -0.15) is 0 Å². The van der Waals surface area contributed by atoms with Gasteiger partial charge in [-0.05, 0) is 85.5 Å². The van der Waals surface area contributed by atoms with Gasteiger partial charge in [0.05, 0.1) is 6.04 Å². The van der Waals surface area contributed by atoms with Crippen molar-refractivity contribution in [1.29, 1.82) is 0 Å². The molecule has 1 aromatic heterocycles. The molecule has 2 amide bonds. The molecule has 1 aliphatic rings. The fraction of sp³-hybridized carbons (Fsp3) is 0.400. The quantitative estimate of drug-likeness (QED) is 0.304. The molecule has 5 nitrogen and oxygen atoms in total. The highest BCUT2D eigenvalue weighted by Gasteiger charge is 2.33. The molecular weight excluding hydrogens is 504 g/mol. The predicted molar refractivity (Wildman–Crippen MR) is 151 cm³/mol. The van der Waals surface area contributed by atoms with Crippen LogP contribution in [0.1, 0.15) is 58.2 Å². The number of hydrogen-bond donors (Lipinski definition) is 0. The van der Waals surface area contributed by atoms with Crippen LogP contribution in [-0.4, -0.2) is 47.9 Å². The highest BCUT2D eigenvalue weighted by atomic mass is 35.5. The van der Waals surface area contributed by atoms with Crippen molar-refractivity contribution in [2.45, 2.75) is 46.6 Å². The van der Waals surface area contributed by atoms with E-state index in [0.29, 0.717) is 36.2 Å². The van der Waals surface area contributed by atoms with Crippen molar-refractivity contribution in [3.05, 3.63) is 86.1 Å². The molecular formula is C30H35ClN2O3S. The third-order valence-corrected chi connectivity index (χ3v) is 8.26. The minimum Gasteiger partial charge on any atom is -0.491 e. The third kappa shape index (κ3) is 6.74. The molecule has 4 rings (SSSR count). The number of hydrogen-bond acceptors (Lipinski definition) is 4. The Labute approximate surface area is 229 Å². The van der Waals surface area contributed by atoms with Crippen LogP contribution in [-0.2, 0) is 11.2 Å². The van der Waals surface area contributed by atoms with Gasteiger partial charge in [0.25, 0.3) is 5.91 Å². The largest absolute Gasteiger partial charge is 0.491 e. The van der Waals surface area contributed by atoms with Gasteiger partial charge in [0, 0.05) is 28.6 Å². The van der Waals surface area contributed by atoms with Gasteiger partial charge in [-0.15, -0.1) is 11.3 Å². The second-order valence-electron chi connectivity index (χ2n) is 10.1. The highest BCUT2D eigenvalue weighted by molar-refractivity contribution is 7.10. The average molecular weight is 539 g/mol. The molecule has 0 spiro atoms. The van der Waals surface area contributed by atoms with Crippen molar-refractivity contribution in [3.8, 4) is 5.75 Å². The van der Waals surface area contributed by atoms with Gasteiger partial charge in [-0.1, -0.05) is 43.1 Å². The number of rotatable bonds is 9. The number of halogens is 1. The summed E-state index contributed by atoms with van der Waals surface area (Å²) >= 11 is 7.90. The van der Waals surface area contributed by atoms with Crippen molar-refractivity contribution in [2.24, 2.45) is 5.92 Å². The number of aryl methyl sites for hydroxylation is 2. The third-order valence-electron chi connectivity index (χ3n) is 6.84. The van der Waals surface area contributed by atoms with Crippen molar-refractivity contribution in [3.63, 3.8) is 0 Å². The fourth-order valence-electron chi connectivity index (χ4n) is 4.56. The number of ether oxygens (including phenoxy) is 1. The van der Waals surface area contributed by atoms with Gasteiger partial charge in [0.15, 0.2) is 0 Å². The summed E-state index contributed by atoms with van der Waals surface area (Å²) in [5, 5.41) is 2.77. The van der Waals surface area contributed by atoms with Crippen LogP contribution < -0.4 is 4.74 Å². The molecule has 0 saturated carbocycles. The van der Waals surface area contributed by atoms with Crippen molar-refractivity contribution in [1.82, 2.24) is 9.80 Å². The molecule has 196 valence electrons. The summed E-state index contributed by atoms with van der Waals surface area (Å²) in [6.45, 7) is 9.74. The zero-order valence-electron chi connectivity index (χ0n) is 22.0. The van der Waals surface area contributed by atoms with Crippen LogP contribution in [0.15, 0.2) is 53.9 Å². The van der Waals surface area contributed by atoms with E-state index in [2.05, 4.69) is 25.3 Å². The molecule has 0 N–H and O–H groups in total. The van der Waals surface area contributed by atoms with E-state index in [9.17, 15) is 9.59 Å². The van der Waals surface area contributed by atoms with Gasteiger partial charge in [-0.3, -0.25) is 9.59 Å². The summed E-state index contributed by atoms with van der Waals surface area (Å²) in [7, 11) is 0. The van der Waals surface area contributed by atoms with E-state index >= 15 is 0 Å². The van der Waals surface area contributed by atoms with E-state index in [1.54, 1.807) is 16.2 Å². The van der Waals surface area contributed by atoms with Crippen LogP contribution in [0.2, 0.25) is 5.02 Å². The average Bonchev–Trinajstić information content (AvgIpc) is 3.36. The second-order valence-corrected chi connectivity index (χ2v) is 11.6. The SMILES string of the molecule is Cc1ccc(C(=O)N(CCC(C)C)CC(=O)N2CCc3sccc3[C@@H]2COc2ccc(Cl)c(C)c2)cc1. The molecule has 0 bridgehead atoms. The molecule has 0 aliphatic carbocycles. The van der Waals surface area contributed by atoms with Crippen LogP contribution in [0, 0.1) is 19.8 Å². The summed E-state index contributed by atoms with van der Waals surface area (Å²) in [6, 6.07) is 15.0. The molecule has 1 aliphatic heterocycles. The Kier molecular flexibility index (Phi) is 8.93. The Morgan fingerprint density at radius 2 is 1.89 bits per heavy atom. The Balaban J connectivity index is 1.53. The first-order chi connectivity index (χ1) is 17.7. The van der Waals surface area contributed by atoms with Crippen LogP contribution in [0.25, 0.3) is 0 Å².